The van der Waals surface area contributed by atoms with Crippen LogP contribution in [0.2, 0.25) is 0 Å². The van der Waals surface area contributed by atoms with Gasteiger partial charge in [0.2, 0.25) is 0 Å². The van der Waals surface area contributed by atoms with E-state index in [0.29, 0.717) is 28.2 Å². The Morgan fingerprint density at radius 1 is 1.40 bits per heavy atom. The highest BCUT2D eigenvalue weighted by molar-refractivity contribution is 7.19. The van der Waals surface area contributed by atoms with Crippen molar-refractivity contribution in [3.63, 3.8) is 0 Å². The van der Waals surface area contributed by atoms with Gasteiger partial charge in [0.25, 0.3) is 0 Å². The lowest BCUT2D eigenvalue weighted by atomic mass is 10.1. The lowest BCUT2D eigenvalue weighted by Crippen LogP contribution is -2.55. The third-order valence-electron chi connectivity index (χ3n) is 4.01. The largest absolute Gasteiger partial charge is 0.396 e. The van der Waals surface area contributed by atoms with E-state index in [2.05, 4.69) is 36.8 Å². The lowest BCUT2D eigenvalue weighted by Gasteiger charge is -2.43. The molecule has 2 N–H and O–H groups in total. The zero-order valence-corrected chi connectivity index (χ0v) is 13.1. The third kappa shape index (κ3) is 2.39. The minimum Gasteiger partial charge on any atom is -0.396 e. The van der Waals surface area contributed by atoms with Gasteiger partial charge >= 0.3 is 0 Å². The van der Waals surface area contributed by atoms with Crippen LogP contribution in [-0.4, -0.2) is 42.9 Å². The number of carbonyl (C=O) groups is 1. The average molecular weight is 292 g/mol. The molecule has 5 nitrogen and oxygen atoms in total. The van der Waals surface area contributed by atoms with Gasteiger partial charge in [-0.2, -0.15) is 5.26 Å². The number of anilines is 2. The molecule has 2 unspecified atom stereocenters. The highest BCUT2D eigenvalue weighted by atomic mass is 32.1. The predicted octanol–water partition coefficient (Wildman–Crippen LogP) is 1.93. The number of piperazine rings is 1. The van der Waals surface area contributed by atoms with Crippen molar-refractivity contribution < 1.29 is 4.79 Å². The van der Waals surface area contributed by atoms with Crippen molar-refractivity contribution in [1.29, 1.82) is 5.26 Å². The average Bonchev–Trinajstić information content (AvgIpc) is 2.72. The van der Waals surface area contributed by atoms with E-state index in [1.165, 1.54) is 18.3 Å². The van der Waals surface area contributed by atoms with Crippen LogP contribution in [0.3, 0.4) is 0 Å². The molecule has 1 aliphatic rings. The highest BCUT2D eigenvalue weighted by Crippen LogP contribution is 2.39. The first-order valence-electron chi connectivity index (χ1n) is 6.67. The molecule has 0 amide bonds. The molecule has 1 aliphatic heterocycles. The molecule has 1 aromatic rings. The molecule has 1 fully saturated rings. The van der Waals surface area contributed by atoms with Crippen molar-refractivity contribution in [2.24, 2.45) is 0 Å². The quantitative estimate of drug-likeness (QED) is 0.843. The first-order valence-corrected chi connectivity index (χ1v) is 7.48. The van der Waals surface area contributed by atoms with Crippen LogP contribution in [0.1, 0.15) is 36.0 Å². The van der Waals surface area contributed by atoms with Gasteiger partial charge in [-0.3, -0.25) is 9.69 Å². The molecule has 6 heteroatoms. The normalized spacial score (nSPS) is 23.6. The number of nitrogen functional groups attached to an aromatic ring is 1. The summed E-state index contributed by atoms with van der Waals surface area (Å²) in [5.74, 6) is -0.0783. The fourth-order valence-electron chi connectivity index (χ4n) is 2.59. The van der Waals surface area contributed by atoms with E-state index >= 15 is 0 Å². The Morgan fingerprint density at radius 3 is 2.40 bits per heavy atom. The fraction of sp³-hybridized carbons (Fsp3) is 0.571. The van der Waals surface area contributed by atoms with Crippen molar-refractivity contribution in [2.45, 2.75) is 32.9 Å². The molecule has 108 valence electrons. The molecule has 0 spiro atoms. The maximum absolute atomic E-state index is 11.6. The SMILES string of the molecule is CC(=O)c1sc(N2CC(C)N(C)C(C)C2)c(C#N)c1N. The van der Waals surface area contributed by atoms with Crippen LogP contribution >= 0.6 is 11.3 Å². The van der Waals surface area contributed by atoms with Crippen LogP contribution in [0, 0.1) is 11.3 Å². The molecule has 1 saturated heterocycles. The van der Waals surface area contributed by atoms with Gasteiger partial charge in [0.1, 0.15) is 16.6 Å². The van der Waals surface area contributed by atoms with Crippen LogP contribution in [-0.2, 0) is 0 Å². The van der Waals surface area contributed by atoms with Crippen LogP contribution in [0.25, 0.3) is 0 Å². The Balaban J connectivity index is 2.41. The number of nitrogens with zero attached hydrogens (tertiary/aromatic N) is 3. The zero-order valence-electron chi connectivity index (χ0n) is 12.3. The summed E-state index contributed by atoms with van der Waals surface area (Å²) in [6.07, 6.45) is 0. The third-order valence-corrected chi connectivity index (χ3v) is 5.37. The summed E-state index contributed by atoms with van der Waals surface area (Å²) in [7, 11) is 2.11. The maximum atomic E-state index is 11.6. The summed E-state index contributed by atoms with van der Waals surface area (Å²) in [4.78, 5) is 16.6. The van der Waals surface area contributed by atoms with Gasteiger partial charge in [-0.25, -0.2) is 0 Å². The molecule has 2 heterocycles. The number of hydrogen-bond acceptors (Lipinski definition) is 6. The molecule has 0 aliphatic carbocycles. The van der Waals surface area contributed by atoms with Crippen LogP contribution in [0.15, 0.2) is 0 Å². The van der Waals surface area contributed by atoms with E-state index < -0.39 is 0 Å². The molecule has 2 atom stereocenters. The Bertz CT molecular complexity index is 562. The maximum Gasteiger partial charge on any atom is 0.171 e. The molecule has 0 aromatic carbocycles. The molecular formula is C14H20N4OS. The summed E-state index contributed by atoms with van der Waals surface area (Å²) in [5.41, 5.74) is 6.73. The second-order valence-electron chi connectivity index (χ2n) is 5.46. The Hall–Kier alpha value is -1.58. The van der Waals surface area contributed by atoms with Gasteiger partial charge in [-0.05, 0) is 20.9 Å². The topological polar surface area (TPSA) is 73.4 Å². The van der Waals surface area contributed by atoms with Crippen LogP contribution in [0.4, 0.5) is 10.7 Å². The van der Waals surface area contributed by atoms with Gasteiger partial charge < -0.3 is 10.6 Å². The summed E-state index contributed by atoms with van der Waals surface area (Å²) >= 11 is 1.34. The van der Waals surface area contributed by atoms with Crippen LogP contribution in [0.5, 0.6) is 0 Å². The number of ketones is 1. The Morgan fingerprint density at radius 2 is 1.95 bits per heavy atom. The number of nitrogens with two attached hydrogens (primary N) is 1. The van der Waals surface area contributed by atoms with E-state index in [4.69, 9.17) is 5.73 Å². The number of nitriles is 1. The first kappa shape index (κ1) is 14.8. The van der Waals surface area contributed by atoms with Gasteiger partial charge in [-0.1, -0.05) is 0 Å². The number of hydrogen-bond donors (Lipinski definition) is 1. The van der Waals surface area contributed by atoms with E-state index in [1.807, 2.05) is 0 Å². The van der Waals surface area contributed by atoms with Crippen molar-refractivity contribution in [2.75, 3.05) is 30.8 Å². The van der Waals surface area contributed by atoms with Gasteiger partial charge in [0, 0.05) is 32.1 Å². The van der Waals surface area contributed by atoms with Crippen molar-refractivity contribution in [3.8, 4) is 6.07 Å². The standard InChI is InChI=1S/C14H20N4OS/c1-8-6-18(7-9(2)17(8)4)14-11(5-15)12(16)13(20-14)10(3)19/h8-9H,6-7,16H2,1-4H3. The Kier molecular flexibility index (Phi) is 4.02. The number of Topliss-reactive ketones (excluding diaryl/α,β-unsaturated/α-hetero) is 1. The number of carbonyl (C=O) groups excluding carboxylic acids is 1. The molecule has 0 radical (unpaired) electrons. The molecule has 0 bridgehead atoms. The zero-order chi connectivity index (χ0) is 15.0. The fourth-order valence-corrected chi connectivity index (χ4v) is 3.68. The van der Waals surface area contributed by atoms with E-state index in [-0.39, 0.29) is 5.78 Å². The Labute approximate surface area is 123 Å². The number of thiophene rings is 1. The smallest absolute Gasteiger partial charge is 0.171 e. The van der Waals surface area contributed by atoms with E-state index in [9.17, 15) is 10.1 Å². The monoisotopic (exact) mass is 292 g/mol. The number of likely N-dealkylation sites (N-methyl/N-ethyl adjacent to an activating group) is 1. The summed E-state index contributed by atoms with van der Waals surface area (Å²) in [5, 5.41) is 10.2. The summed E-state index contributed by atoms with van der Waals surface area (Å²) < 4.78 is 0. The van der Waals surface area contributed by atoms with Crippen molar-refractivity contribution >= 4 is 27.8 Å². The second-order valence-corrected chi connectivity index (χ2v) is 6.46. The van der Waals surface area contributed by atoms with Crippen molar-refractivity contribution in [3.05, 3.63) is 10.4 Å². The second kappa shape index (κ2) is 5.43. The molecule has 2 rings (SSSR count). The minimum absolute atomic E-state index is 0.0783. The van der Waals surface area contributed by atoms with Gasteiger partial charge in [0.15, 0.2) is 5.78 Å². The van der Waals surface area contributed by atoms with Gasteiger partial charge in [0.05, 0.1) is 10.6 Å². The molecule has 1 aromatic heterocycles. The molecule has 20 heavy (non-hydrogen) atoms. The summed E-state index contributed by atoms with van der Waals surface area (Å²) in [6, 6.07) is 2.95. The highest BCUT2D eigenvalue weighted by Gasteiger charge is 2.30. The summed E-state index contributed by atoms with van der Waals surface area (Å²) in [6.45, 7) is 7.50. The number of rotatable bonds is 2. The minimum atomic E-state index is -0.0783. The first-order chi connectivity index (χ1) is 9.36. The van der Waals surface area contributed by atoms with Gasteiger partial charge in [-0.15, -0.1) is 11.3 Å². The molecular weight excluding hydrogens is 272 g/mol. The van der Waals surface area contributed by atoms with E-state index in [0.717, 1.165) is 18.1 Å². The van der Waals surface area contributed by atoms with Crippen molar-refractivity contribution in [1.82, 2.24) is 4.90 Å². The molecule has 0 saturated carbocycles. The van der Waals surface area contributed by atoms with Crippen LogP contribution < -0.4 is 10.6 Å². The lowest BCUT2D eigenvalue weighted by molar-refractivity contribution is 0.102. The predicted molar refractivity (Wildman–Crippen MR) is 82.4 cm³/mol. The van der Waals surface area contributed by atoms with E-state index in [1.54, 1.807) is 0 Å².